The second-order valence-electron chi connectivity index (χ2n) is 8.23. The third kappa shape index (κ3) is 5.61. The molecule has 13 heteroatoms. The van der Waals surface area contributed by atoms with Crippen LogP contribution < -0.4 is 9.37 Å². The predicted molar refractivity (Wildman–Crippen MR) is 134 cm³/mol. The molecule has 0 amide bonds. The van der Waals surface area contributed by atoms with Crippen LogP contribution in [0.2, 0.25) is 5.02 Å². The highest BCUT2D eigenvalue weighted by molar-refractivity contribution is 7.92. The first-order valence-electron chi connectivity index (χ1n) is 10.9. The number of carbonyl (C=O) groups excluding carboxylic acids is 1. The van der Waals surface area contributed by atoms with Gasteiger partial charge in [-0.15, -0.1) is 11.3 Å². The molecular formula is C23H23ClF2N4O4S2. The second-order valence-corrected chi connectivity index (χ2v) is 11.1. The van der Waals surface area contributed by atoms with Gasteiger partial charge >= 0.3 is 6.47 Å². The van der Waals surface area contributed by atoms with Crippen molar-refractivity contribution >= 4 is 50.9 Å². The number of halogens is 3. The monoisotopic (exact) mass is 556 g/mol. The van der Waals surface area contributed by atoms with Gasteiger partial charge in [-0.1, -0.05) is 34.3 Å². The molecule has 0 radical (unpaired) electrons. The van der Waals surface area contributed by atoms with Crippen molar-refractivity contribution in [1.82, 2.24) is 9.88 Å². The summed E-state index contributed by atoms with van der Waals surface area (Å²) in [6.07, 6.45) is -1.68. The lowest BCUT2D eigenvalue weighted by atomic mass is 10.1. The summed E-state index contributed by atoms with van der Waals surface area (Å²) in [5.74, 6) is -0.0467. The van der Waals surface area contributed by atoms with Gasteiger partial charge in [0.2, 0.25) is 0 Å². The Morgan fingerprint density at radius 1 is 1.31 bits per heavy atom. The van der Waals surface area contributed by atoms with Crippen LogP contribution in [0.5, 0.6) is 0 Å². The largest absolute Gasteiger partial charge is 0.369 e. The van der Waals surface area contributed by atoms with Crippen molar-refractivity contribution in [2.45, 2.75) is 30.3 Å². The number of likely N-dealkylation sites (N-methyl/N-ethyl adjacent to an activating group) is 1. The molecule has 36 heavy (non-hydrogen) atoms. The molecular weight excluding hydrogens is 534 g/mol. The van der Waals surface area contributed by atoms with Gasteiger partial charge < -0.3 is 9.74 Å². The Morgan fingerprint density at radius 3 is 2.78 bits per heavy atom. The van der Waals surface area contributed by atoms with Crippen molar-refractivity contribution in [2.75, 3.05) is 29.5 Å². The van der Waals surface area contributed by atoms with Crippen molar-refractivity contribution in [3.63, 3.8) is 0 Å². The average molecular weight is 557 g/mol. The molecule has 0 saturated carbocycles. The number of hydrogen-bond donors (Lipinski definition) is 0. The fraction of sp³-hybridized carbons (Fsp3) is 0.304. The first-order valence-corrected chi connectivity index (χ1v) is 13.6. The van der Waals surface area contributed by atoms with Crippen LogP contribution in [0.3, 0.4) is 0 Å². The zero-order chi connectivity index (χ0) is 25.9. The maximum atomic E-state index is 13.1. The Hall–Kier alpha value is -2.80. The smallest absolute Gasteiger partial charge is 0.322 e. The SMILES string of the molecule is CN(c1ccc(S(=O)(=O)N(OC=O)c2cscn2)cc1Cl)[C@H]1CCN(Cc2cccc(C(F)F)c2)C1. The van der Waals surface area contributed by atoms with Crippen LogP contribution in [-0.2, 0) is 26.2 Å². The number of nitrogens with zero attached hydrogens (tertiary/aromatic N) is 4. The summed E-state index contributed by atoms with van der Waals surface area (Å²) >= 11 is 7.64. The van der Waals surface area contributed by atoms with E-state index in [4.69, 9.17) is 16.4 Å². The zero-order valence-corrected chi connectivity index (χ0v) is 21.5. The summed E-state index contributed by atoms with van der Waals surface area (Å²) in [6.45, 7) is 2.04. The summed E-state index contributed by atoms with van der Waals surface area (Å²) < 4.78 is 52.6. The number of likely N-dealkylation sites (tertiary alicyclic amines) is 1. The van der Waals surface area contributed by atoms with E-state index in [2.05, 4.69) is 9.88 Å². The fourth-order valence-electron chi connectivity index (χ4n) is 4.15. The quantitative estimate of drug-likeness (QED) is 0.264. The highest BCUT2D eigenvalue weighted by atomic mass is 35.5. The number of aromatic nitrogens is 1. The Kier molecular flexibility index (Phi) is 8.08. The van der Waals surface area contributed by atoms with Gasteiger partial charge in [-0.05, 0) is 36.2 Å². The van der Waals surface area contributed by atoms with Crippen molar-refractivity contribution in [3.05, 3.63) is 69.5 Å². The molecule has 1 saturated heterocycles. The topological polar surface area (TPSA) is 83.1 Å². The van der Waals surface area contributed by atoms with Gasteiger partial charge in [0.05, 0.1) is 21.1 Å². The molecule has 2 aromatic carbocycles. The van der Waals surface area contributed by atoms with Crippen LogP contribution in [0.15, 0.2) is 58.3 Å². The minimum atomic E-state index is -4.26. The van der Waals surface area contributed by atoms with Crippen LogP contribution in [0.25, 0.3) is 0 Å². The van der Waals surface area contributed by atoms with Crippen molar-refractivity contribution in [2.24, 2.45) is 0 Å². The highest BCUT2D eigenvalue weighted by Crippen LogP contribution is 2.33. The Morgan fingerprint density at radius 2 is 2.11 bits per heavy atom. The minimum absolute atomic E-state index is 0.00840. The number of carbonyl (C=O) groups is 1. The van der Waals surface area contributed by atoms with E-state index in [-0.39, 0.29) is 33.8 Å². The maximum absolute atomic E-state index is 13.1. The number of thiazole rings is 1. The third-order valence-corrected chi connectivity index (χ3v) is 8.40. The molecule has 1 fully saturated rings. The molecule has 1 atom stereocenters. The maximum Gasteiger partial charge on any atom is 0.322 e. The van der Waals surface area contributed by atoms with E-state index < -0.39 is 16.4 Å². The summed E-state index contributed by atoms with van der Waals surface area (Å²) in [5.41, 5.74) is 2.89. The number of hydrogen-bond acceptors (Lipinski definition) is 8. The zero-order valence-electron chi connectivity index (χ0n) is 19.1. The van der Waals surface area contributed by atoms with Crippen LogP contribution in [0.1, 0.15) is 24.0 Å². The number of anilines is 2. The minimum Gasteiger partial charge on any atom is -0.369 e. The molecule has 0 aliphatic carbocycles. The molecule has 0 bridgehead atoms. The Labute approximate surface area is 216 Å². The van der Waals surface area contributed by atoms with E-state index in [0.717, 1.165) is 29.9 Å². The Bertz CT molecular complexity index is 1310. The molecule has 0 N–H and O–H groups in total. The molecule has 1 aromatic heterocycles. The van der Waals surface area contributed by atoms with E-state index >= 15 is 0 Å². The summed E-state index contributed by atoms with van der Waals surface area (Å²) in [6, 6.07) is 10.8. The lowest BCUT2D eigenvalue weighted by Gasteiger charge is -2.28. The van der Waals surface area contributed by atoms with Gasteiger partial charge in [-0.3, -0.25) is 9.69 Å². The molecule has 0 spiro atoms. The predicted octanol–water partition coefficient (Wildman–Crippen LogP) is 4.73. The van der Waals surface area contributed by atoms with Gasteiger partial charge in [-0.25, -0.2) is 13.8 Å². The molecule has 2 heterocycles. The molecule has 8 nitrogen and oxygen atoms in total. The van der Waals surface area contributed by atoms with Gasteiger partial charge in [-0.2, -0.15) is 8.42 Å². The van der Waals surface area contributed by atoms with Gasteiger partial charge in [0.25, 0.3) is 16.4 Å². The first kappa shape index (κ1) is 26.3. The molecule has 3 aromatic rings. The van der Waals surface area contributed by atoms with Crippen LogP contribution in [-0.4, -0.2) is 51.0 Å². The normalized spacial score (nSPS) is 16.3. The lowest BCUT2D eigenvalue weighted by molar-refractivity contribution is -0.128. The van der Waals surface area contributed by atoms with Crippen molar-refractivity contribution < 1.29 is 26.8 Å². The summed E-state index contributed by atoms with van der Waals surface area (Å²) in [7, 11) is -2.39. The first-order chi connectivity index (χ1) is 17.2. The average Bonchev–Trinajstić information content (AvgIpc) is 3.54. The molecule has 4 rings (SSSR count). The molecule has 1 aliphatic rings. The number of alkyl halides is 2. The van der Waals surface area contributed by atoms with Gasteiger partial charge in [0.15, 0.2) is 5.82 Å². The lowest BCUT2D eigenvalue weighted by Crippen LogP contribution is -2.35. The van der Waals surface area contributed by atoms with E-state index in [9.17, 15) is 22.0 Å². The highest BCUT2D eigenvalue weighted by Gasteiger charge is 2.31. The van der Waals surface area contributed by atoms with Crippen LogP contribution in [0, 0.1) is 0 Å². The van der Waals surface area contributed by atoms with Crippen molar-refractivity contribution in [3.8, 4) is 0 Å². The summed E-state index contributed by atoms with van der Waals surface area (Å²) in [4.78, 5) is 23.5. The molecule has 192 valence electrons. The van der Waals surface area contributed by atoms with E-state index in [1.54, 1.807) is 12.1 Å². The van der Waals surface area contributed by atoms with E-state index in [1.807, 2.05) is 18.0 Å². The van der Waals surface area contributed by atoms with Gasteiger partial charge in [0.1, 0.15) is 0 Å². The summed E-state index contributed by atoms with van der Waals surface area (Å²) in [5, 5.41) is 1.64. The molecule has 1 aliphatic heterocycles. The van der Waals surface area contributed by atoms with E-state index in [1.165, 1.54) is 35.2 Å². The van der Waals surface area contributed by atoms with Crippen LogP contribution in [0.4, 0.5) is 20.3 Å². The molecule has 0 unspecified atom stereocenters. The second kappa shape index (κ2) is 11.1. The third-order valence-electron chi connectivity index (χ3n) is 5.96. The number of sulfonamides is 1. The van der Waals surface area contributed by atoms with Crippen molar-refractivity contribution in [1.29, 1.82) is 0 Å². The fourth-order valence-corrected chi connectivity index (χ4v) is 6.30. The number of rotatable bonds is 10. The van der Waals surface area contributed by atoms with Crippen LogP contribution >= 0.6 is 22.9 Å². The number of benzene rings is 2. The Balaban J connectivity index is 1.47. The van der Waals surface area contributed by atoms with Gasteiger partial charge in [0, 0.05) is 43.7 Å². The standard InChI is InChI=1S/C23H23ClF2N4O4S2/c1-28(18-7-8-29(12-18)11-16-3-2-4-17(9-16)23(25)26)21-6-5-19(10-20(21)24)36(32,33)30(34-15-31)22-13-35-14-27-22/h2-6,9-10,13-15,18,23H,7-8,11-12H2,1H3/t18-/m0/s1. The van der Waals surface area contributed by atoms with E-state index in [0.29, 0.717) is 23.2 Å².